The van der Waals surface area contributed by atoms with Gasteiger partial charge in [0.2, 0.25) is 11.7 Å². The number of esters is 1. The van der Waals surface area contributed by atoms with E-state index in [1.807, 2.05) is 6.92 Å². The van der Waals surface area contributed by atoms with Crippen molar-refractivity contribution in [2.75, 3.05) is 6.61 Å². The standard InChI is InChI=1S/C31H40N2O7/c1-29-11-7-21(34)15-20(29)3-4-22-23-8-12-31(39,30(23,2)16-24(35)28(22)29)25(36)18-40-27(38)6-5-26(37)33-17-19-9-13-32-14-10-19/h9-10,13-15,22-24,28,35,39H,3-8,11-12,16-18H2,1-2H3,(H,33,37)/t22-,23+,24-,28-,29-,30-,31-/m0/s1. The van der Waals surface area contributed by atoms with Gasteiger partial charge in [0.25, 0.3) is 0 Å². The molecular formula is C31H40N2O7. The summed E-state index contributed by atoms with van der Waals surface area (Å²) in [6.45, 7) is 3.83. The third-order valence-corrected chi connectivity index (χ3v) is 10.7. The van der Waals surface area contributed by atoms with Crippen molar-refractivity contribution in [2.45, 2.75) is 89.9 Å². The summed E-state index contributed by atoms with van der Waals surface area (Å²) in [6.07, 6.45) is 8.11. The molecule has 1 amide bonds. The van der Waals surface area contributed by atoms with Crippen molar-refractivity contribution < 1.29 is 34.1 Å². The minimum absolute atomic E-state index is 0.0151. The minimum Gasteiger partial charge on any atom is -0.458 e. The Hall–Kier alpha value is -2.91. The molecule has 7 atom stereocenters. The number of Topliss-reactive ketones (excluding diaryl/α,β-unsaturated/α-hetero) is 1. The maximum atomic E-state index is 13.4. The third-order valence-electron chi connectivity index (χ3n) is 10.7. The van der Waals surface area contributed by atoms with Crippen LogP contribution in [0.3, 0.4) is 0 Å². The van der Waals surface area contributed by atoms with Crippen molar-refractivity contribution in [1.82, 2.24) is 10.3 Å². The largest absolute Gasteiger partial charge is 0.458 e. The number of fused-ring (bicyclic) bond motifs is 5. The fourth-order valence-electron chi connectivity index (χ4n) is 8.49. The number of hydrogen-bond donors (Lipinski definition) is 3. The Morgan fingerprint density at radius 1 is 1.10 bits per heavy atom. The molecule has 1 aromatic heterocycles. The Balaban J connectivity index is 1.18. The van der Waals surface area contributed by atoms with Crippen LogP contribution in [0.5, 0.6) is 0 Å². The summed E-state index contributed by atoms with van der Waals surface area (Å²) in [5, 5.41) is 26.0. The number of carbonyl (C=O) groups is 4. The second-order valence-corrected chi connectivity index (χ2v) is 12.7. The van der Waals surface area contributed by atoms with Crippen LogP contribution in [0.15, 0.2) is 36.2 Å². The molecule has 9 nitrogen and oxygen atoms in total. The Bertz CT molecular complexity index is 1220. The maximum absolute atomic E-state index is 13.4. The fraction of sp³-hybridized carbons (Fsp3) is 0.645. The highest BCUT2D eigenvalue weighted by Gasteiger charge is 2.68. The predicted molar refractivity (Wildman–Crippen MR) is 144 cm³/mol. The number of pyridine rings is 1. The van der Waals surface area contributed by atoms with Crippen molar-refractivity contribution in [3.63, 3.8) is 0 Å². The van der Waals surface area contributed by atoms with Crippen molar-refractivity contribution in [1.29, 1.82) is 0 Å². The van der Waals surface area contributed by atoms with Gasteiger partial charge in [-0.15, -0.1) is 0 Å². The molecule has 5 rings (SSSR count). The summed E-state index contributed by atoms with van der Waals surface area (Å²) in [7, 11) is 0. The van der Waals surface area contributed by atoms with Crippen LogP contribution in [0.25, 0.3) is 0 Å². The summed E-state index contributed by atoms with van der Waals surface area (Å²) >= 11 is 0. The van der Waals surface area contributed by atoms with Crippen LogP contribution < -0.4 is 5.32 Å². The van der Waals surface area contributed by atoms with Gasteiger partial charge in [0, 0.05) is 37.2 Å². The molecule has 4 aliphatic carbocycles. The number of rotatable bonds is 8. The Kier molecular flexibility index (Phi) is 7.74. The summed E-state index contributed by atoms with van der Waals surface area (Å²) in [5.41, 5.74) is -0.768. The first kappa shape index (κ1) is 28.6. The molecular weight excluding hydrogens is 512 g/mol. The molecule has 216 valence electrons. The van der Waals surface area contributed by atoms with E-state index in [0.717, 1.165) is 30.4 Å². The highest BCUT2D eigenvalue weighted by atomic mass is 16.5. The van der Waals surface area contributed by atoms with Crippen LogP contribution in [-0.4, -0.2) is 57.0 Å². The van der Waals surface area contributed by atoms with Crippen molar-refractivity contribution in [3.05, 3.63) is 41.7 Å². The molecule has 1 heterocycles. The number of ether oxygens (including phenoxy) is 1. The first-order valence-corrected chi connectivity index (χ1v) is 14.5. The highest BCUT2D eigenvalue weighted by Crippen LogP contribution is 2.67. The minimum atomic E-state index is -1.70. The van der Waals surface area contributed by atoms with E-state index in [0.29, 0.717) is 19.4 Å². The van der Waals surface area contributed by atoms with Crippen LogP contribution in [0.1, 0.15) is 77.2 Å². The van der Waals surface area contributed by atoms with E-state index >= 15 is 0 Å². The molecule has 1 aromatic rings. The molecule has 3 N–H and O–H groups in total. The van der Waals surface area contributed by atoms with Crippen LogP contribution in [-0.2, 0) is 30.5 Å². The number of amides is 1. The predicted octanol–water partition coefficient (Wildman–Crippen LogP) is 2.82. The lowest BCUT2D eigenvalue weighted by atomic mass is 9.45. The average molecular weight is 553 g/mol. The highest BCUT2D eigenvalue weighted by molar-refractivity contribution is 5.92. The lowest BCUT2D eigenvalue weighted by Gasteiger charge is -2.60. The first-order chi connectivity index (χ1) is 19.0. The van der Waals surface area contributed by atoms with Gasteiger partial charge in [-0.3, -0.25) is 24.2 Å². The smallest absolute Gasteiger partial charge is 0.306 e. The molecule has 0 radical (unpaired) electrons. The number of carbonyl (C=O) groups excluding carboxylic acids is 4. The van der Waals surface area contributed by atoms with Gasteiger partial charge in [-0.1, -0.05) is 19.4 Å². The van der Waals surface area contributed by atoms with E-state index in [9.17, 15) is 29.4 Å². The van der Waals surface area contributed by atoms with Crippen LogP contribution in [0, 0.1) is 28.6 Å². The second-order valence-electron chi connectivity index (χ2n) is 12.7. The lowest BCUT2D eigenvalue weighted by Crippen LogP contribution is -2.62. The molecule has 0 bridgehead atoms. The molecule has 0 spiro atoms. The number of allylic oxidation sites excluding steroid dienone is 1. The molecule has 3 saturated carbocycles. The van der Waals surface area contributed by atoms with Crippen LogP contribution in [0.2, 0.25) is 0 Å². The summed E-state index contributed by atoms with van der Waals surface area (Å²) in [4.78, 5) is 53.8. The topological polar surface area (TPSA) is 143 Å². The van der Waals surface area contributed by atoms with Crippen LogP contribution >= 0.6 is 0 Å². The van der Waals surface area contributed by atoms with E-state index in [-0.39, 0.29) is 60.5 Å². The van der Waals surface area contributed by atoms with E-state index in [4.69, 9.17) is 4.74 Å². The number of aliphatic hydroxyl groups is 2. The maximum Gasteiger partial charge on any atom is 0.306 e. The van der Waals surface area contributed by atoms with E-state index in [2.05, 4.69) is 17.2 Å². The second kappa shape index (κ2) is 10.8. The van der Waals surface area contributed by atoms with Gasteiger partial charge in [0.15, 0.2) is 12.4 Å². The monoisotopic (exact) mass is 552 g/mol. The number of nitrogens with one attached hydrogen (secondary N) is 1. The summed E-state index contributed by atoms with van der Waals surface area (Å²) in [5.74, 6) is -1.21. The zero-order valence-electron chi connectivity index (χ0n) is 23.4. The Morgan fingerprint density at radius 3 is 2.60 bits per heavy atom. The van der Waals surface area contributed by atoms with Crippen molar-refractivity contribution in [2.24, 2.45) is 28.6 Å². The molecule has 0 aromatic carbocycles. The van der Waals surface area contributed by atoms with E-state index in [1.165, 1.54) is 0 Å². The Labute approximate surface area is 234 Å². The first-order valence-electron chi connectivity index (χ1n) is 14.5. The molecule has 4 aliphatic rings. The molecule has 0 unspecified atom stereocenters. The fourth-order valence-corrected chi connectivity index (χ4v) is 8.49. The number of aliphatic hydroxyl groups excluding tert-OH is 1. The third kappa shape index (κ3) is 4.91. The van der Waals surface area contributed by atoms with E-state index < -0.39 is 35.5 Å². The molecule has 3 fully saturated rings. The van der Waals surface area contributed by atoms with Crippen LogP contribution in [0.4, 0.5) is 0 Å². The number of ketones is 2. The van der Waals surface area contributed by atoms with Crippen molar-refractivity contribution >= 4 is 23.4 Å². The summed E-state index contributed by atoms with van der Waals surface area (Å²) in [6, 6.07) is 3.57. The molecule has 0 aliphatic heterocycles. The Morgan fingerprint density at radius 2 is 1.85 bits per heavy atom. The molecule has 40 heavy (non-hydrogen) atoms. The zero-order valence-corrected chi connectivity index (χ0v) is 23.4. The summed E-state index contributed by atoms with van der Waals surface area (Å²) < 4.78 is 5.21. The SMILES string of the molecule is C[C@]12CCC(=O)C=C1CC[C@@H]1[C@H]2[C@@H](O)C[C@@]2(C)[C@@H]1CC[C@]2(O)C(=O)COC(=O)CCC(=O)NCc1ccncc1. The van der Waals surface area contributed by atoms with Gasteiger partial charge in [0.05, 0.1) is 12.5 Å². The van der Waals surface area contributed by atoms with Gasteiger partial charge >= 0.3 is 5.97 Å². The quantitative estimate of drug-likeness (QED) is 0.418. The molecule has 0 saturated heterocycles. The van der Waals surface area contributed by atoms with Gasteiger partial charge in [-0.05, 0) is 85.5 Å². The zero-order chi connectivity index (χ0) is 28.7. The number of hydrogen-bond acceptors (Lipinski definition) is 8. The van der Waals surface area contributed by atoms with E-state index in [1.54, 1.807) is 30.6 Å². The van der Waals surface area contributed by atoms with Gasteiger partial charge in [-0.2, -0.15) is 0 Å². The van der Waals surface area contributed by atoms with Gasteiger partial charge in [-0.25, -0.2) is 0 Å². The number of aromatic nitrogens is 1. The van der Waals surface area contributed by atoms with Gasteiger partial charge < -0.3 is 20.3 Å². The average Bonchev–Trinajstić information content (AvgIpc) is 3.20. The molecule has 9 heteroatoms. The van der Waals surface area contributed by atoms with Crippen molar-refractivity contribution in [3.8, 4) is 0 Å². The lowest BCUT2D eigenvalue weighted by molar-refractivity contribution is -0.184. The number of nitrogens with zero attached hydrogens (tertiary/aromatic N) is 1. The normalized spacial score (nSPS) is 36.5. The van der Waals surface area contributed by atoms with Gasteiger partial charge in [0.1, 0.15) is 5.60 Å².